The fraction of sp³-hybridized carbons (Fsp3) is 0.176. The van der Waals surface area contributed by atoms with Gasteiger partial charge < -0.3 is 9.67 Å². The SMILES string of the molecule is CCc1cc(Cl)c2c(O)n(Cc3ccc(F)cc3)cc2c1. The lowest BCUT2D eigenvalue weighted by Gasteiger charge is -2.05. The molecular weight excluding hydrogens is 289 g/mol. The second kappa shape index (κ2) is 5.41. The molecule has 21 heavy (non-hydrogen) atoms. The molecule has 3 aromatic rings. The molecule has 0 aliphatic heterocycles. The molecule has 0 spiro atoms. The van der Waals surface area contributed by atoms with Crippen LogP contribution in [-0.4, -0.2) is 9.67 Å². The summed E-state index contributed by atoms with van der Waals surface area (Å²) in [7, 11) is 0. The monoisotopic (exact) mass is 303 g/mol. The molecule has 2 aromatic carbocycles. The third-order valence-electron chi connectivity index (χ3n) is 3.65. The fourth-order valence-corrected chi connectivity index (χ4v) is 2.84. The normalized spacial score (nSPS) is 11.2. The Morgan fingerprint density at radius 1 is 1.14 bits per heavy atom. The van der Waals surface area contributed by atoms with Crippen LogP contribution in [-0.2, 0) is 13.0 Å². The van der Waals surface area contributed by atoms with Gasteiger partial charge in [0.05, 0.1) is 17.0 Å². The average Bonchev–Trinajstić information content (AvgIpc) is 2.78. The van der Waals surface area contributed by atoms with Gasteiger partial charge >= 0.3 is 0 Å². The molecule has 1 heterocycles. The second-order valence-corrected chi connectivity index (χ2v) is 5.51. The molecule has 0 unspecified atom stereocenters. The van der Waals surface area contributed by atoms with Gasteiger partial charge in [-0.05, 0) is 41.8 Å². The van der Waals surface area contributed by atoms with E-state index in [9.17, 15) is 9.50 Å². The maximum absolute atomic E-state index is 12.9. The summed E-state index contributed by atoms with van der Waals surface area (Å²) >= 11 is 6.26. The van der Waals surface area contributed by atoms with E-state index in [1.807, 2.05) is 18.3 Å². The summed E-state index contributed by atoms with van der Waals surface area (Å²) in [5.41, 5.74) is 2.05. The molecule has 0 aliphatic rings. The van der Waals surface area contributed by atoms with Crippen LogP contribution in [0.2, 0.25) is 5.02 Å². The van der Waals surface area contributed by atoms with Gasteiger partial charge in [0.2, 0.25) is 5.88 Å². The quantitative estimate of drug-likeness (QED) is 0.742. The molecule has 108 valence electrons. The first kappa shape index (κ1) is 14.0. The average molecular weight is 304 g/mol. The van der Waals surface area contributed by atoms with Crippen LogP contribution >= 0.6 is 11.6 Å². The molecule has 3 rings (SSSR count). The summed E-state index contributed by atoms with van der Waals surface area (Å²) < 4.78 is 14.7. The van der Waals surface area contributed by atoms with E-state index in [2.05, 4.69) is 6.92 Å². The van der Waals surface area contributed by atoms with E-state index in [-0.39, 0.29) is 11.7 Å². The molecule has 0 saturated carbocycles. The maximum Gasteiger partial charge on any atom is 0.200 e. The first-order valence-electron chi connectivity index (χ1n) is 6.83. The number of fused-ring (bicyclic) bond motifs is 1. The molecule has 0 atom stereocenters. The minimum Gasteiger partial charge on any atom is -0.494 e. The van der Waals surface area contributed by atoms with Crippen molar-refractivity contribution in [3.63, 3.8) is 0 Å². The number of halogens is 2. The summed E-state index contributed by atoms with van der Waals surface area (Å²) in [6.45, 7) is 2.53. The van der Waals surface area contributed by atoms with Gasteiger partial charge in [0.25, 0.3) is 0 Å². The highest BCUT2D eigenvalue weighted by Crippen LogP contribution is 2.35. The zero-order valence-electron chi connectivity index (χ0n) is 11.6. The molecule has 1 N–H and O–H groups in total. The Morgan fingerprint density at radius 3 is 2.52 bits per heavy atom. The van der Waals surface area contributed by atoms with Gasteiger partial charge in [-0.3, -0.25) is 0 Å². The van der Waals surface area contributed by atoms with Gasteiger partial charge in [0.15, 0.2) is 0 Å². The zero-order chi connectivity index (χ0) is 15.0. The second-order valence-electron chi connectivity index (χ2n) is 5.10. The zero-order valence-corrected chi connectivity index (χ0v) is 12.4. The highest BCUT2D eigenvalue weighted by molar-refractivity contribution is 6.36. The Kier molecular flexibility index (Phi) is 3.60. The highest BCUT2D eigenvalue weighted by atomic mass is 35.5. The number of hydrogen-bond acceptors (Lipinski definition) is 1. The van der Waals surface area contributed by atoms with Crippen LogP contribution in [0.25, 0.3) is 10.8 Å². The third kappa shape index (κ3) is 2.61. The fourth-order valence-electron chi connectivity index (χ4n) is 2.51. The molecule has 4 heteroatoms. The van der Waals surface area contributed by atoms with E-state index in [4.69, 9.17) is 11.6 Å². The standard InChI is InChI=1S/C17H15ClFNO/c1-2-11-7-13-10-20(17(21)16(13)15(18)8-11)9-12-3-5-14(19)6-4-12/h3-8,10,21H,2,9H2,1H3. The Bertz CT molecular complexity index is 793. The van der Waals surface area contributed by atoms with Gasteiger partial charge in [-0.2, -0.15) is 0 Å². The number of aromatic nitrogens is 1. The third-order valence-corrected chi connectivity index (χ3v) is 3.94. The van der Waals surface area contributed by atoms with E-state index in [0.29, 0.717) is 17.0 Å². The molecule has 1 aromatic heterocycles. The van der Waals surface area contributed by atoms with Crippen LogP contribution < -0.4 is 0 Å². The van der Waals surface area contributed by atoms with Crippen LogP contribution in [0.4, 0.5) is 4.39 Å². The van der Waals surface area contributed by atoms with E-state index < -0.39 is 0 Å². The first-order valence-corrected chi connectivity index (χ1v) is 7.21. The number of rotatable bonds is 3. The smallest absolute Gasteiger partial charge is 0.200 e. The molecular formula is C17H15ClFNO. The number of aryl methyl sites for hydroxylation is 1. The Labute approximate surface area is 127 Å². The molecule has 0 bridgehead atoms. The van der Waals surface area contributed by atoms with E-state index in [0.717, 1.165) is 22.9 Å². The van der Waals surface area contributed by atoms with E-state index in [1.54, 1.807) is 16.7 Å². The van der Waals surface area contributed by atoms with Crippen molar-refractivity contribution in [3.05, 3.63) is 64.6 Å². The summed E-state index contributed by atoms with van der Waals surface area (Å²) in [5.74, 6) is -0.127. The predicted octanol–water partition coefficient (Wildman–Crippen LogP) is 4.75. The molecule has 0 fully saturated rings. The van der Waals surface area contributed by atoms with Crippen LogP contribution in [0.3, 0.4) is 0 Å². The van der Waals surface area contributed by atoms with Gasteiger partial charge in [-0.25, -0.2) is 4.39 Å². The van der Waals surface area contributed by atoms with Crippen LogP contribution in [0.5, 0.6) is 5.88 Å². The van der Waals surface area contributed by atoms with Gasteiger partial charge in [-0.15, -0.1) is 0 Å². The lowest BCUT2D eigenvalue weighted by atomic mass is 10.1. The highest BCUT2D eigenvalue weighted by Gasteiger charge is 2.13. The van der Waals surface area contributed by atoms with Crippen LogP contribution in [0, 0.1) is 5.82 Å². The Morgan fingerprint density at radius 2 is 1.86 bits per heavy atom. The largest absolute Gasteiger partial charge is 0.494 e. The van der Waals surface area contributed by atoms with E-state index >= 15 is 0 Å². The summed E-state index contributed by atoms with van der Waals surface area (Å²) in [5, 5.41) is 12.5. The number of benzene rings is 2. The molecule has 0 amide bonds. The maximum atomic E-state index is 12.9. The summed E-state index contributed by atoms with van der Waals surface area (Å²) in [6, 6.07) is 10.2. The van der Waals surface area contributed by atoms with Crippen molar-refractivity contribution >= 4 is 22.4 Å². The van der Waals surface area contributed by atoms with Crippen molar-refractivity contribution in [3.8, 4) is 5.88 Å². The van der Waals surface area contributed by atoms with Crippen molar-refractivity contribution in [2.24, 2.45) is 0 Å². The summed E-state index contributed by atoms with van der Waals surface area (Å²) in [6.07, 6.45) is 2.76. The van der Waals surface area contributed by atoms with Gasteiger partial charge in [0, 0.05) is 11.6 Å². The summed E-state index contributed by atoms with van der Waals surface area (Å²) in [4.78, 5) is 0. The van der Waals surface area contributed by atoms with Crippen molar-refractivity contribution in [1.82, 2.24) is 4.57 Å². The Hall–Kier alpha value is -2.00. The Balaban J connectivity index is 2.05. The minimum absolute atomic E-state index is 0.141. The molecule has 2 nitrogen and oxygen atoms in total. The van der Waals surface area contributed by atoms with Crippen molar-refractivity contribution < 1.29 is 9.50 Å². The minimum atomic E-state index is -0.267. The molecule has 0 aliphatic carbocycles. The lowest BCUT2D eigenvalue weighted by molar-refractivity contribution is 0.430. The lowest BCUT2D eigenvalue weighted by Crippen LogP contribution is -1.97. The molecule has 0 saturated heterocycles. The number of nitrogens with zero attached hydrogens (tertiary/aromatic N) is 1. The van der Waals surface area contributed by atoms with Gasteiger partial charge in [0.1, 0.15) is 5.82 Å². The van der Waals surface area contributed by atoms with Crippen molar-refractivity contribution in [1.29, 1.82) is 0 Å². The molecule has 0 radical (unpaired) electrons. The number of hydrogen-bond donors (Lipinski definition) is 1. The van der Waals surface area contributed by atoms with Gasteiger partial charge in [-0.1, -0.05) is 30.7 Å². The van der Waals surface area contributed by atoms with Crippen molar-refractivity contribution in [2.45, 2.75) is 19.9 Å². The van der Waals surface area contributed by atoms with Crippen LogP contribution in [0.15, 0.2) is 42.6 Å². The first-order chi connectivity index (χ1) is 10.1. The topological polar surface area (TPSA) is 25.2 Å². The van der Waals surface area contributed by atoms with Crippen LogP contribution in [0.1, 0.15) is 18.1 Å². The van der Waals surface area contributed by atoms with E-state index in [1.165, 1.54) is 12.1 Å². The predicted molar refractivity (Wildman–Crippen MR) is 83.5 cm³/mol. The number of aromatic hydroxyl groups is 1. The van der Waals surface area contributed by atoms with Crippen molar-refractivity contribution in [2.75, 3.05) is 0 Å².